The molecule has 0 spiro atoms. The van der Waals surface area contributed by atoms with Gasteiger partial charge < -0.3 is 69.3 Å². The Morgan fingerprint density at radius 3 is 2.28 bits per heavy atom. The summed E-state index contributed by atoms with van der Waals surface area (Å²) in [7, 11) is 0. The van der Waals surface area contributed by atoms with Crippen LogP contribution in [0.25, 0.3) is 0 Å². The number of hydrogen-bond donors (Lipinski definition) is 8. The van der Waals surface area contributed by atoms with Crippen molar-refractivity contribution in [3.8, 4) is 5.75 Å². The Labute approximate surface area is 357 Å². The number of aliphatic hydroxyl groups excluding tert-OH is 7. The van der Waals surface area contributed by atoms with Crippen LogP contribution in [-0.2, 0) is 28.4 Å². The normalized spacial score (nSPS) is 48.1. The number of carbonyl (C=O) groups excluding carboxylic acids is 1. The Morgan fingerprint density at radius 1 is 0.869 bits per heavy atom. The number of phenols is 1. The summed E-state index contributed by atoms with van der Waals surface area (Å²) < 4.78 is 36.5. The molecule has 6 fully saturated rings. The summed E-state index contributed by atoms with van der Waals surface area (Å²) in [6.45, 7) is 9.68. The van der Waals surface area contributed by atoms with Crippen LogP contribution in [0.15, 0.2) is 47.6 Å². The van der Waals surface area contributed by atoms with Crippen LogP contribution in [-0.4, -0.2) is 140 Å². The van der Waals surface area contributed by atoms with Gasteiger partial charge in [0.25, 0.3) is 0 Å². The molecule has 3 saturated heterocycles. The van der Waals surface area contributed by atoms with E-state index in [2.05, 4.69) is 26.0 Å². The van der Waals surface area contributed by atoms with Gasteiger partial charge in [0.1, 0.15) is 42.4 Å². The van der Waals surface area contributed by atoms with Crippen molar-refractivity contribution >= 4 is 5.97 Å². The molecular weight excluding hydrogens is 792 g/mol. The molecule has 4 aliphatic carbocycles. The number of phenolic OH excluding ortho intramolecular Hbond substituents is 1. The van der Waals surface area contributed by atoms with Crippen LogP contribution in [0.5, 0.6) is 5.75 Å². The molecule has 61 heavy (non-hydrogen) atoms. The van der Waals surface area contributed by atoms with E-state index in [-0.39, 0.29) is 64.6 Å². The summed E-state index contributed by atoms with van der Waals surface area (Å²) >= 11 is 0. The lowest BCUT2D eigenvalue weighted by atomic mass is 9.46. The number of aliphatic hydroxyl groups is 7. The topological polar surface area (TPSA) is 234 Å². The quantitative estimate of drug-likeness (QED) is 0.132. The third-order valence-electron chi connectivity index (χ3n) is 16.1. The molecule has 15 heteroatoms. The molecule has 8 N–H and O–H groups in total. The molecule has 3 aliphatic heterocycles. The third kappa shape index (κ3) is 7.92. The van der Waals surface area contributed by atoms with Gasteiger partial charge in [0.05, 0.1) is 30.5 Å². The molecule has 1 aromatic carbocycles. The predicted molar refractivity (Wildman–Crippen MR) is 216 cm³/mol. The van der Waals surface area contributed by atoms with E-state index in [9.17, 15) is 45.6 Å². The van der Waals surface area contributed by atoms with Gasteiger partial charge in [0.2, 0.25) is 0 Å². The van der Waals surface area contributed by atoms with Crippen molar-refractivity contribution in [3.05, 3.63) is 53.1 Å². The lowest BCUT2D eigenvalue weighted by molar-refractivity contribution is -0.369. The van der Waals surface area contributed by atoms with Gasteiger partial charge >= 0.3 is 5.97 Å². The molecule has 21 atom stereocenters. The maximum Gasteiger partial charge on any atom is 0.338 e. The maximum absolute atomic E-state index is 12.8. The van der Waals surface area contributed by atoms with Crippen LogP contribution >= 0.6 is 0 Å². The Kier molecular flexibility index (Phi) is 12.9. The number of allylic oxidation sites excluding steroid dienone is 2. The van der Waals surface area contributed by atoms with Crippen LogP contribution in [0.1, 0.15) is 89.9 Å². The highest BCUT2D eigenvalue weighted by Crippen LogP contribution is 2.69. The molecule has 3 heterocycles. The number of esters is 1. The largest absolute Gasteiger partial charge is 0.508 e. The minimum absolute atomic E-state index is 0.0436. The van der Waals surface area contributed by atoms with Gasteiger partial charge in [-0.1, -0.05) is 37.1 Å². The minimum atomic E-state index is -1.76. The van der Waals surface area contributed by atoms with Crippen molar-refractivity contribution in [1.82, 2.24) is 0 Å². The SMILES string of the molecule is CC(C)=CC1C(O)OC2CC3C4CC=C5CC(OC6OC(CO)C(O)C(O)C6OC6OC(C)C(OC(=O)c7ccc(O)cc7)C(O)C6O)CCC5(C)C4CCC3(CO)C2C1C. The van der Waals surface area contributed by atoms with Gasteiger partial charge in [-0.15, -0.1) is 0 Å². The molecule has 8 rings (SSSR count). The molecule has 15 nitrogen and oxygen atoms in total. The summed E-state index contributed by atoms with van der Waals surface area (Å²) in [4.78, 5) is 12.8. The van der Waals surface area contributed by atoms with Gasteiger partial charge in [0.15, 0.2) is 25.0 Å². The lowest BCUT2D eigenvalue weighted by Crippen LogP contribution is -2.64. The summed E-state index contributed by atoms with van der Waals surface area (Å²) in [6, 6.07) is 5.34. The van der Waals surface area contributed by atoms with Crippen molar-refractivity contribution in [2.45, 2.75) is 159 Å². The van der Waals surface area contributed by atoms with E-state index < -0.39 is 80.3 Å². The maximum atomic E-state index is 12.8. The highest BCUT2D eigenvalue weighted by Gasteiger charge is 2.66. The molecule has 340 valence electrons. The zero-order chi connectivity index (χ0) is 43.7. The van der Waals surface area contributed by atoms with Crippen molar-refractivity contribution in [1.29, 1.82) is 0 Å². The van der Waals surface area contributed by atoms with Gasteiger partial charge in [-0.25, -0.2) is 4.79 Å². The van der Waals surface area contributed by atoms with E-state index in [4.69, 9.17) is 28.4 Å². The fraction of sp³-hybridized carbons (Fsp3) is 0.761. The monoisotopic (exact) mass is 858 g/mol. The molecule has 0 amide bonds. The second kappa shape index (κ2) is 17.5. The molecule has 0 aromatic heterocycles. The Balaban J connectivity index is 0.956. The van der Waals surface area contributed by atoms with E-state index in [1.54, 1.807) is 0 Å². The predicted octanol–water partition coefficient (Wildman–Crippen LogP) is 2.69. The van der Waals surface area contributed by atoms with Gasteiger partial charge in [0, 0.05) is 17.9 Å². The first-order valence-electron chi connectivity index (χ1n) is 22.2. The summed E-state index contributed by atoms with van der Waals surface area (Å²) in [5.41, 5.74) is 2.15. The molecule has 0 bridgehead atoms. The second-order valence-corrected chi connectivity index (χ2v) is 19.6. The van der Waals surface area contributed by atoms with Crippen LogP contribution in [0.4, 0.5) is 0 Å². The van der Waals surface area contributed by atoms with Crippen molar-refractivity contribution < 1.29 is 74.1 Å². The third-order valence-corrected chi connectivity index (χ3v) is 16.1. The van der Waals surface area contributed by atoms with Gasteiger partial charge in [-0.2, -0.15) is 0 Å². The number of aromatic hydroxyl groups is 1. The fourth-order valence-corrected chi connectivity index (χ4v) is 13.0. The van der Waals surface area contributed by atoms with Gasteiger partial charge in [-0.3, -0.25) is 0 Å². The van der Waals surface area contributed by atoms with Crippen LogP contribution in [0, 0.1) is 46.3 Å². The van der Waals surface area contributed by atoms with Gasteiger partial charge in [-0.05, 0) is 125 Å². The first kappa shape index (κ1) is 45.1. The number of carbonyl (C=O) groups is 1. The van der Waals surface area contributed by atoms with Crippen LogP contribution in [0.2, 0.25) is 0 Å². The highest BCUT2D eigenvalue weighted by atomic mass is 16.8. The standard InChI is InChI=1S/C46H66O15/c1-21(2)16-29-22(3)34-32(58-42(29)55)18-31-28-11-8-25-17-27(12-14-45(25,5)30(28)13-15-46(31,34)20-48)57-44-40(36(51)35(50)33(19-47)59-44)61-43-38(53)37(52)39(23(4)56-43)60-41(54)24-6-9-26(49)10-7-24/h6-10,16,22-23,27-40,42-44,47-53,55H,11-15,17-20H2,1-5H3. The van der Waals surface area contributed by atoms with E-state index >= 15 is 0 Å². The number of benzene rings is 1. The van der Waals surface area contributed by atoms with Crippen molar-refractivity contribution in [2.75, 3.05) is 13.2 Å². The average Bonchev–Trinajstić information content (AvgIpc) is 3.57. The second-order valence-electron chi connectivity index (χ2n) is 19.6. The van der Waals surface area contributed by atoms with Crippen molar-refractivity contribution in [2.24, 2.45) is 46.3 Å². The average molecular weight is 859 g/mol. The van der Waals surface area contributed by atoms with E-state index in [1.165, 1.54) is 36.8 Å². The lowest BCUT2D eigenvalue weighted by Gasteiger charge is -2.59. The summed E-state index contributed by atoms with van der Waals surface area (Å²) in [5, 5.41) is 86.5. The Bertz CT molecular complexity index is 1780. The van der Waals surface area contributed by atoms with Crippen LogP contribution in [0.3, 0.4) is 0 Å². The first-order valence-corrected chi connectivity index (χ1v) is 22.2. The Hall–Kier alpha value is -2.51. The fourth-order valence-electron chi connectivity index (χ4n) is 13.0. The zero-order valence-electron chi connectivity index (χ0n) is 35.7. The van der Waals surface area contributed by atoms with Crippen molar-refractivity contribution in [3.63, 3.8) is 0 Å². The zero-order valence-corrected chi connectivity index (χ0v) is 35.7. The van der Waals surface area contributed by atoms with E-state index in [1.807, 2.05) is 13.8 Å². The molecule has 0 radical (unpaired) electrons. The highest BCUT2D eigenvalue weighted by molar-refractivity contribution is 5.89. The molecule has 3 saturated carbocycles. The number of hydrogen-bond acceptors (Lipinski definition) is 15. The molecule has 21 unspecified atom stereocenters. The van der Waals surface area contributed by atoms with Crippen LogP contribution < -0.4 is 0 Å². The number of ether oxygens (including phenoxy) is 6. The number of fused-ring (bicyclic) bond motifs is 7. The van der Waals surface area contributed by atoms with E-state index in [0.29, 0.717) is 24.7 Å². The first-order chi connectivity index (χ1) is 29.0. The molecular formula is C46H66O15. The molecule has 1 aromatic rings. The molecule has 7 aliphatic rings. The Morgan fingerprint density at radius 2 is 1.59 bits per heavy atom. The van der Waals surface area contributed by atoms with E-state index in [0.717, 1.165) is 37.7 Å². The minimum Gasteiger partial charge on any atom is -0.508 e. The summed E-state index contributed by atoms with van der Waals surface area (Å²) in [6.07, 6.45) is -5.66. The summed E-state index contributed by atoms with van der Waals surface area (Å²) in [5.74, 6) is 0.332. The number of rotatable bonds is 9. The smallest absolute Gasteiger partial charge is 0.338 e.